The van der Waals surface area contributed by atoms with Crippen LogP contribution in [0.2, 0.25) is 0 Å². The molecule has 1 N–H and O–H groups in total. The first-order valence-electron chi connectivity index (χ1n) is 29.9. The Morgan fingerprint density at radius 3 is 1.29 bits per heavy atom. The molecule has 11 atom stereocenters. The van der Waals surface area contributed by atoms with Crippen LogP contribution in [0.25, 0.3) is 0 Å². The molecular formula is C59H73F9O25. The predicted molar refractivity (Wildman–Crippen MR) is 286 cm³/mol. The lowest BCUT2D eigenvalue weighted by atomic mass is 9.85. The van der Waals surface area contributed by atoms with E-state index in [-0.39, 0.29) is 97.7 Å². The molecule has 1 spiro atoms. The Morgan fingerprint density at radius 1 is 0.527 bits per heavy atom. The fourth-order valence-electron chi connectivity index (χ4n) is 11.1. The highest BCUT2D eigenvalue weighted by Gasteiger charge is 2.67. The number of hydrogen-bond acceptors (Lipinski definition) is 24. The lowest BCUT2D eigenvalue weighted by Crippen LogP contribution is -2.46. The first kappa shape index (κ1) is 75.4. The fraction of sp³-hybridized carbons (Fsp3) is 0.746. The van der Waals surface area contributed by atoms with Crippen LogP contribution in [0.3, 0.4) is 0 Å². The average molecular weight is 1350 g/mol. The third-order valence-electron chi connectivity index (χ3n) is 16.2. The lowest BCUT2D eigenvalue weighted by molar-refractivity contribution is -0.314. The van der Waals surface area contributed by atoms with Crippen molar-refractivity contribution in [3.63, 3.8) is 0 Å². The number of carbonyl (C=O) groups excluding carboxylic acids is 10. The summed E-state index contributed by atoms with van der Waals surface area (Å²) >= 11 is 0. The van der Waals surface area contributed by atoms with Crippen LogP contribution < -0.4 is 0 Å². The highest BCUT2D eigenvalue weighted by Crippen LogP contribution is 2.50. The SMILES string of the molecule is C=C(C)C(=O)O[C@@H]1C(=O)O[C@@H]2[C@H]3OC(C)(C)O[C@H]3O[C@@H]21.C=C(C)C(=O)O[C@@H]1C(=O)O[C@@H]2[C@H]3OC4(CCC(C(=O)OC(C)C(F)(F)F)CC4)O[C@H]3O[C@@H]21.CCOC(=O)C1CCC(=O)CC1.O=C1CCC(C(=O)O)CC1.O=C1CCC(C(=O)OC(C(F)(F)F)C(F)(F)F)CC1. The minimum Gasteiger partial charge on any atom is -0.481 e. The number of ketones is 3. The van der Waals surface area contributed by atoms with Crippen molar-refractivity contribution in [2.75, 3.05) is 6.61 Å². The molecule has 10 aliphatic rings. The van der Waals surface area contributed by atoms with E-state index in [1.165, 1.54) is 13.8 Å². The Bertz CT molecular complexity index is 2780. The zero-order valence-corrected chi connectivity index (χ0v) is 51.3. The minimum atomic E-state index is -5.71. The molecule has 0 aromatic rings. The van der Waals surface area contributed by atoms with Crippen molar-refractivity contribution in [2.45, 2.75) is 248 Å². The van der Waals surface area contributed by atoms with E-state index in [1.54, 1.807) is 20.8 Å². The summed E-state index contributed by atoms with van der Waals surface area (Å²) in [5.74, 6) is -9.86. The highest BCUT2D eigenvalue weighted by atomic mass is 19.4. The maximum Gasteiger partial charge on any atom is 0.434 e. The second-order valence-corrected chi connectivity index (χ2v) is 24.0. The third-order valence-corrected chi connectivity index (χ3v) is 16.2. The van der Waals surface area contributed by atoms with E-state index >= 15 is 0 Å². The van der Waals surface area contributed by atoms with Crippen LogP contribution in [0.15, 0.2) is 24.3 Å². The van der Waals surface area contributed by atoms with Crippen molar-refractivity contribution in [3.8, 4) is 0 Å². The van der Waals surface area contributed by atoms with E-state index in [2.05, 4.69) is 22.6 Å². The average Bonchev–Trinajstić information content (AvgIpc) is 1.59. The molecule has 10 fully saturated rings. The molecule has 6 saturated heterocycles. The van der Waals surface area contributed by atoms with Gasteiger partial charge in [-0.1, -0.05) is 13.2 Å². The normalized spacial score (nSPS) is 30.9. The van der Waals surface area contributed by atoms with Crippen LogP contribution in [-0.2, 0) is 114 Å². The number of carboxylic acid groups (broad SMARTS) is 1. The molecule has 1 unspecified atom stereocenters. The Kier molecular flexibility index (Phi) is 25.0. The number of hydrogen-bond donors (Lipinski definition) is 1. The summed E-state index contributed by atoms with van der Waals surface area (Å²) in [4.78, 5) is 124. The van der Waals surface area contributed by atoms with Crippen molar-refractivity contribution in [2.24, 2.45) is 23.7 Å². The first-order valence-corrected chi connectivity index (χ1v) is 29.9. The van der Waals surface area contributed by atoms with Gasteiger partial charge in [0.15, 0.2) is 54.7 Å². The summed E-state index contributed by atoms with van der Waals surface area (Å²) in [5.41, 5.74) is 0.318. The molecular weight excluding hydrogens is 1280 g/mol. The minimum absolute atomic E-state index is 0.0253. The maximum absolute atomic E-state index is 12.6. The Labute approximate surface area is 525 Å². The van der Waals surface area contributed by atoms with E-state index in [0.29, 0.717) is 58.0 Å². The standard InChI is InChI=1S/C20H23F3O9.C13H16O7.C10H10F6O3.C9H14O3.C7H10O3/c1-8(2)15(24)29-13-11-12(28-17(13)26)14-18(30-11)32-19(31-14)6-4-10(5-7-19)16(25)27-9(3)20(21,22)23;1-5(2)10(14)17-8-6-7(16-11(8)15)9-12(18-6)20-13(3,4)19-9;11-9(12,13)8(10(14,15)16)19-7(18)5-1-3-6(17)4-2-5;1-2-12-9(11)7-3-5-8(10)6-4-7;8-6-3-1-5(2-4-6)7(9)10/h9-14,18H,1,4-7H2,2-3H3;6-9,12H,1H2,2-4H3;5,8H,1-4H2;7H,2-6H2,1H3;5H,1-4H2,(H,9,10)/t9?,10?,11-,12-,13-,14+,18+,19?;6-,7-,8-,9+,12+;;;/m00.../s1. The van der Waals surface area contributed by atoms with Crippen molar-refractivity contribution in [1.29, 1.82) is 0 Å². The van der Waals surface area contributed by atoms with E-state index in [4.69, 9.17) is 57.2 Å². The number of carboxylic acids is 1. The Balaban J connectivity index is 0.000000196. The zero-order chi connectivity index (χ0) is 69.5. The van der Waals surface area contributed by atoms with Gasteiger partial charge in [0.2, 0.25) is 12.2 Å². The van der Waals surface area contributed by atoms with Gasteiger partial charge in [0.05, 0.1) is 30.3 Å². The van der Waals surface area contributed by atoms with Gasteiger partial charge in [-0.2, -0.15) is 39.5 Å². The van der Waals surface area contributed by atoms with Gasteiger partial charge in [-0.15, -0.1) is 0 Å². The molecule has 522 valence electrons. The van der Waals surface area contributed by atoms with Gasteiger partial charge in [-0.3, -0.25) is 33.6 Å². The third kappa shape index (κ3) is 20.0. The largest absolute Gasteiger partial charge is 0.481 e. The van der Waals surface area contributed by atoms with Crippen LogP contribution in [-0.4, -0.2) is 181 Å². The summed E-state index contributed by atoms with van der Waals surface area (Å²) in [7, 11) is 0. The van der Waals surface area contributed by atoms with E-state index < -0.39 is 157 Å². The lowest BCUT2D eigenvalue weighted by Gasteiger charge is -2.36. The highest BCUT2D eigenvalue weighted by molar-refractivity contribution is 5.91. The molecule has 0 aromatic carbocycles. The molecule has 6 aliphatic heterocycles. The van der Waals surface area contributed by atoms with Gasteiger partial charge in [0.25, 0.3) is 6.10 Å². The molecule has 10 rings (SSSR count). The van der Waals surface area contributed by atoms with Gasteiger partial charge in [0, 0.05) is 62.5 Å². The number of ether oxygens (including phenoxy) is 13. The second-order valence-electron chi connectivity index (χ2n) is 24.0. The molecule has 4 saturated carbocycles. The van der Waals surface area contributed by atoms with Crippen molar-refractivity contribution < 1.29 is 159 Å². The number of halogens is 9. The summed E-state index contributed by atoms with van der Waals surface area (Å²) in [5, 5.41) is 8.51. The quantitative estimate of drug-likeness (QED) is 0.0931. The number of aliphatic carboxylic acids is 1. The number of esters is 7. The fourth-order valence-corrected chi connectivity index (χ4v) is 11.1. The summed E-state index contributed by atoms with van der Waals surface area (Å²) in [6.07, 6.45) is -25.5. The Hall–Kier alpha value is -6.62. The number of fused-ring (bicyclic) bond motifs is 6. The zero-order valence-electron chi connectivity index (χ0n) is 51.3. The van der Waals surface area contributed by atoms with Crippen LogP contribution in [0.5, 0.6) is 0 Å². The van der Waals surface area contributed by atoms with Crippen LogP contribution in [0, 0.1) is 23.7 Å². The summed E-state index contributed by atoms with van der Waals surface area (Å²) < 4.78 is 179. The van der Waals surface area contributed by atoms with E-state index in [9.17, 15) is 92.3 Å². The maximum atomic E-state index is 12.6. The molecule has 0 aromatic heterocycles. The Morgan fingerprint density at radius 2 is 0.903 bits per heavy atom. The van der Waals surface area contributed by atoms with Gasteiger partial charge >= 0.3 is 66.3 Å². The van der Waals surface area contributed by atoms with Crippen LogP contribution in [0.1, 0.15) is 144 Å². The van der Waals surface area contributed by atoms with Crippen molar-refractivity contribution in [3.05, 3.63) is 24.3 Å². The second kappa shape index (κ2) is 30.8. The van der Waals surface area contributed by atoms with Gasteiger partial charge in [-0.25, -0.2) is 19.2 Å². The van der Waals surface area contributed by atoms with Gasteiger partial charge in [-0.05, 0) is 92.9 Å². The van der Waals surface area contributed by atoms with Gasteiger partial charge in [0.1, 0.15) is 29.6 Å². The summed E-state index contributed by atoms with van der Waals surface area (Å²) in [6.45, 7) is 16.4. The molecule has 0 radical (unpaired) electrons. The molecule has 34 heteroatoms. The molecule has 0 amide bonds. The smallest absolute Gasteiger partial charge is 0.434 e. The van der Waals surface area contributed by atoms with Gasteiger partial charge < -0.3 is 66.7 Å². The number of Topliss-reactive ketones (excluding diaryl/α,β-unsaturated/α-hetero) is 3. The first-order chi connectivity index (χ1) is 43.1. The summed E-state index contributed by atoms with van der Waals surface area (Å²) in [6, 6.07) is 0. The molecule has 6 heterocycles. The number of rotatable bonds is 11. The molecule has 4 aliphatic carbocycles. The van der Waals surface area contributed by atoms with Crippen molar-refractivity contribution in [1.82, 2.24) is 0 Å². The predicted octanol–water partition coefficient (Wildman–Crippen LogP) is 7.12. The molecule has 25 nitrogen and oxygen atoms in total. The van der Waals surface area contributed by atoms with Crippen molar-refractivity contribution >= 4 is 65.1 Å². The van der Waals surface area contributed by atoms with E-state index in [1.807, 2.05) is 0 Å². The van der Waals surface area contributed by atoms with Crippen LogP contribution >= 0.6 is 0 Å². The molecule has 93 heavy (non-hydrogen) atoms. The van der Waals surface area contributed by atoms with Crippen LogP contribution in [0.4, 0.5) is 39.5 Å². The van der Waals surface area contributed by atoms with E-state index in [0.717, 1.165) is 6.92 Å². The number of alkyl halides is 9. The molecule has 0 bridgehead atoms. The topological polar surface area (TPSA) is 328 Å². The number of carbonyl (C=O) groups is 11. The monoisotopic (exact) mass is 1350 g/mol.